The topological polar surface area (TPSA) is 37.3 Å². The molecule has 0 fully saturated rings. The van der Waals surface area contributed by atoms with E-state index in [-0.39, 0.29) is 5.56 Å². The standard InChI is InChI=1S/C12H13FO2/c1-2-3-6-10(12(14)15)9-7-4-5-8-11(9)13/h2,4-5,7-8,10H,1,3,6H2,(H,14,15). The van der Waals surface area contributed by atoms with Crippen molar-refractivity contribution >= 4 is 5.97 Å². The van der Waals surface area contributed by atoms with Crippen molar-refractivity contribution in [2.45, 2.75) is 18.8 Å². The van der Waals surface area contributed by atoms with Crippen LogP contribution in [0.25, 0.3) is 0 Å². The second kappa shape index (κ2) is 5.29. The molecule has 0 aliphatic heterocycles. The summed E-state index contributed by atoms with van der Waals surface area (Å²) in [6, 6.07) is 5.98. The fourth-order valence-corrected chi connectivity index (χ4v) is 1.45. The van der Waals surface area contributed by atoms with Crippen LogP contribution in [0.1, 0.15) is 24.3 Å². The summed E-state index contributed by atoms with van der Waals surface area (Å²) in [7, 11) is 0. The van der Waals surface area contributed by atoms with Crippen LogP contribution in [-0.4, -0.2) is 11.1 Å². The molecule has 0 amide bonds. The van der Waals surface area contributed by atoms with E-state index in [0.717, 1.165) is 0 Å². The fourth-order valence-electron chi connectivity index (χ4n) is 1.45. The highest BCUT2D eigenvalue weighted by atomic mass is 19.1. The molecule has 80 valence electrons. The molecule has 1 rings (SSSR count). The number of benzene rings is 1. The van der Waals surface area contributed by atoms with Crippen LogP contribution in [0.4, 0.5) is 4.39 Å². The van der Waals surface area contributed by atoms with Gasteiger partial charge in [0.1, 0.15) is 5.82 Å². The fraction of sp³-hybridized carbons (Fsp3) is 0.250. The highest BCUT2D eigenvalue weighted by Crippen LogP contribution is 2.24. The summed E-state index contributed by atoms with van der Waals surface area (Å²) in [6.07, 6.45) is 2.57. The van der Waals surface area contributed by atoms with Crippen molar-refractivity contribution in [3.8, 4) is 0 Å². The summed E-state index contributed by atoms with van der Waals surface area (Å²) in [5.41, 5.74) is 0.242. The number of rotatable bonds is 5. The molecule has 0 saturated heterocycles. The number of aliphatic carboxylic acids is 1. The molecular formula is C12H13FO2. The lowest BCUT2D eigenvalue weighted by Gasteiger charge is -2.12. The predicted molar refractivity (Wildman–Crippen MR) is 56.2 cm³/mol. The van der Waals surface area contributed by atoms with Crippen molar-refractivity contribution in [1.29, 1.82) is 0 Å². The summed E-state index contributed by atoms with van der Waals surface area (Å²) in [5, 5.41) is 8.98. The number of carboxylic acids is 1. The normalized spacial score (nSPS) is 12.1. The Balaban J connectivity index is 2.93. The SMILES string of the molecule is C=CCCC(C(=O)O)c1ccccc1F. The van der Waals surface area contributed by atoms with E-state index in [2.05, 4.69) is 6.58 Å². The predicted octanol–water partition coefficient (Wildman–Crippen LogP) is 2.96. The molecule has 0 aliphatic rings. The van der Waals surface area contributed by atoms with Crippen molar-refractivity contribution in [2.75, 3.05) is 0 Å². The van der Waals surface area contributed by atoms with Gasteiger partial charge < -0.3 is 5.11 Å². The van der Waals surface area contributed by atoms with Crippen molar-refractivity contribution < 1.29 is 14.3 Å². The second-order valence-electron chi connectivity index (χ2n) is 3.28. The highest BCUT2D eigenvalue weighted by molar-refractivity contribution is 5.76. The van der Waals surface area contributed by atoms with Crippen LogP contribution in [0.15, 0.2) is 36.9 Å². The molecule has 0 aliphatic carbocycles. The van der Waals surface area contributed by atoms with Gasteiger partial charge in [-0.25, -0.2) is 4.39 Å². The summed E-state index contributed by atoms with van der Waals surface area (Å²) < 4.78 is 13.3. The monoisotopic (exact) mass is 208 g/mol. The summed E-state index contributed by atoms with van der Waals surface area (Å²) in [5.74, 6) is -2.25. The largest absolute Gasteiger partial charge is 0.481 e. The van der Waals surface area contributed by atoms with E-state index >= 15 is 0 Å². The Morgan fingerprint density at radius 3 is 2.73 bits per heavy atom. The van der Waals surface area contributed by atoms with E-state index in [0.29, 0.717) is 12.8 Å². The number of hydrogen-bond donors (Lipinski definition) is 1. The van der Waals surface area contributed by atoms with Crippen molar-refractivity contribution in [3.05, 3.63) is 48.3 Å². The highest BCUT2D eigenvalue weighted by Gasteiger charge is 2.21. The van der Waals surface area contributed by atoms with Crippen LogP contribution < -0.4 is 0 Å². The summed E-state index contributed by atoms with van der Waals surface area (Å²) >= 11 is 0. The number of halogens is 1. The molecule has 0 radical (unpaired) electrons. The summed E-state index contributed by atoms with van der Waals surface area (Å²) in [4.78, 5) is 11.0. The first kappa shape index (κ1) is 11.4. The van der Waals surface area contributed by atoms with E-state index < -0.39 is 17.7 Å². The maximum absolute atomic E-state index is 13.3. The van der Waals surface area contributed by atoms with Crippen molar-refractivity contribution in [3.63, 3.8) is 0 Å². The van der Waals surface area contributed by atoms with E-state index in [1.165, 1.54) is 12.1 Å². The van der Waals surface area contributed by atoms with Gasteiger partial charge in [-0.05, 0) is 18.9 Å². The first-order chi connectivity index (χ1) is 7.16. The van der Waals surface area contributed by atoms with Gasteiger partial charge in [0.2, 0.25) is 0 Å². The second-order valence-corrected chi connectivity index (χ2v) is 3.28. The van der Waals surface area contributed by atoms with Gasteiger partial charge in [-0.1, -0.05) is 24.3 Å². The van der Waals surface area contributed by atoms with Gasteiger partial charge in [-0.15, -0.1) is 6.58 Å². The van der Waals surface area contributed by atoms with Crippen LogP contribution in [0.3, 0.4) is 0 Å². The smallest absolute Gasteiger partial charge is 0.311 e. The van der Waals surface area contributed by atoms with Crippen molar-refractivity contribution in [1.82, 2.24) is 0 Å². The first-order valence-corrected chi connectivity index (χ1v) is 4.75. The van der Waals surface area contributed by atoms with E-state index in [9.17, 15) is 9.18 Å². The quantitative estimate of drug-likeness (QED) is 0.755. The van der Waals surface area contributed by atoms with E-state index in [1.54, 1.807) is 18.2 Å². The zero-order valence-corrected chi connectivity index (χ0v) is 8.32. The Hall–Kier alpha value is -1.64. The molecule has 1 N–H and O–H groups in total. The molecule has 2 nitrogen and oxygen atoms in total. The number of carbonyl (C=O) groups is 1. The van der Waals surface area contributed by atoms with Gasteiger partial charge in [0.15, 0.2) is 0 Å². The zero-order valence-electron chi connectivity index (χ0n) is 8.32. The van der Waals surface area contributed by atoms with Gasteiger partial charge in [0.25, 0.3) is 0 Å². The van der Waals surface area contributed by atoms with Gasteiger partial charge in [0.05, 0.1) is 5.92 Å². The van der Waals surface area contributed by atoms with Crippen LogP contribution in [0, 0.1) is 5.82 Å². The molecule has 1 unspecified atom stereocenters. The van der Waals surface area contributed by atoms with Gasteiger partial charge >= 0.3 is 5.97 Å². The van der Waals surface area contributed by atoms with Gasteiger partial charge in [0, 0.05) is 5.56 Å². The van der Waals surface area contributed by atoms with E-state index in [1.807, 2.05) is 0 Å². The molecule has 1 atom stereocenters. The molecule has 1 aromatic carbocycles. The molecular weight excluding hydrogens is 195 g/mol. The lowest BCUT2D eigenvalue weighted by molar-refractivity contribution is -0.139. The van der Waals surface area contributed by atoms with Crippen LogP contribution in [0.2, 0.25) is 0 Å². The average Bonchev–Trinajstić information content (AvgIpc) is 2.20. The Morgan fingerprint density at radius 1 is 1.53 bits per heavy atom. The Morgan fingerprint density at radius 2 is 2.20 bits per heavy atom. The molecule has 1 aromatic rings. The third kappa shape index (κ3) is 2.91. The number of hydrogen-bond acceptors (Lipinski definition) is 1. The maximum Gasteiger partial charge on any atom is 0.311 e. The lowest BCUT2D eigenvalue weighted by atomic mass is 9.94. The molecule has 0 saturated carbocycles. The molecule has 0 spiro atoms. The zero-order chi connectivity index (χ0) is 11.3. The molecule has 0 heterocycles. The Bertz CT molecular complexity index is 360. The third-order valence-electron chi connectivity index (χ3n) is 2.24. The van der Waals surface area contributed by atoms with Crippen molar-refractivity contribution in [2.24, 2.45) is 0 Å². The molecule has 15 heavy (non-hydrogen) atoms. The molecule has 3 heteroatoms. The van der Waals surface area contributed by atoms with Crippen LogP contribution in [0.5, 0.6) is 0 Å². The Labute approximate surface area is 88.1 Å². The van der Waals surface area contributed by atoms with Gasteiger partial charge in [-0.3, -0.25) is 4.79 Å². The Kier molecular flexibility index (Phi) is 4.03. The molecule has 0 bridgehead atoms. The first-order valence-electron chi connectivity index (χ1n) is 4.75. The van der Waals surface area contributed by atoms with Crippen LogP contribution in [-0.2, 0) is 4.79 Å². The molecule has 0 aromatic heterocycles. The number of allylic oxidation sites excluding steroid dienone is 1. The minimum absolute atomic E-state index is 0.242. The minimum atomic E-state index is -0.998. The third-order valence-corrected chi connectivity index (χ3v) is 2.24. The van der Waals surface area contributed by atoms with Gasteiger partial charge in [-0.2, -0.15) is 0 Å². The maximum atomic E-state index is 13.3. The lowest BCUT2D eigenvalue weighted by Crippen LogP contribution is -2.12. The number of carboxylic acid groups (broad SMARTS) is 1. The average molecular weight is 208 g/mol. The van der Waals surface area contributed by atoms with Crippen LogP contribution >= 0.6 is 0 Å². The summed E-state index contributed by atoms with van der Waals surface area (Å²) in [6.45, 7) is 3.52. The minimum Gasteiger partial charge on any atom is -0.481 e. The van der Waals surface area contributed by atoms with E-state index in [4.69, 9.17) is 5.11 Å².